The van der Waals surface area contributed by atoms with E-state index >= 15 is 0 Å². The van der Waals surface area contributed by atoms with Crippen molar-refractivity contribution in [3.05, 3.63) is 292 Å². The molecule has 46 heteroatoms. The third kappa shape index (κ3) is 26.7. The molecule has 0 bridgehead atoms. The number of hydrogen-bond acceptors (Lipinski definition) is 28. The van der Waals surface area contributed by atoms with Gasteiger partial charge in [-0.15, -0.1) is 0 Å². The minimum Gasteiger partial charge on any atom is -0.394 e. The molecule has 1 aliphatic heterocycles. The molecule has 10 heterocycles. The summed E-state index contributed by atoms with van der Waals surface area (Å²) in [5.74, 6) is -0.856. The number of benzene rings is 4. The highest BCUT2D eigenvalue weighted by Crippen LogP contribution is 2.34. The molecule has 698 valence electrons. The third-order valence-corrected chi connectivity index (χ3v) is 24.2. The average Bonchev–Trinajstić information content (AvgIpc) is 1.51. The number of amides is 5. The summed E-state index contributed by atoms with van der Waals surface area (Å²) in [4.78, 5) is 154. The quantitative estimate of drug-likeness (QED) is 0.0113. The topological polar surface area (TPSA) is 590 Å². The van der Waals surface area contributed by atoms with Gasteiger partial charge in [0.2, 0.25) is 5.91 Å². The Bertz CT molecular complexity index is 6780. The first-order valence-corrected chi connectivity index (χ1v) is 45.7. The fourth-order valence-corrected chi connectivity index (χ4v) is 17.0. The van der Waals surface area contributed by atoms with Gasteiger partial charge in [-0.1, -0.05) is 46.4 Å². The van der Waals surface area contributed by atoms with Crippen LogP contribution in [-0.2, 0) is 11.2 Å². The zero-order valence-electron chi connectivity index (χ0n) is 73.3. The van der Waals surface area contributed by atoms with E-state index in [9.17, 15) is 53.4 Å². The maximum Gasteiger partial charge on any atom is 0.271 e. The molecular formula is C88H93Cl4N27O11S4. The van der Waals surface area contributed by atoms with Crippen LogP contribution >= 0.6 is 92.5 Å². The molecule has 4 aromatic carbocycles. The highest BCUT2D eigenvalue weighted by atomic mass is 35.5. The first kappa shape index (κ1) is 100. The second-order valence-electron chi connectivity index (χ2n) is 30.0. The van der Waals surface area contributed by atoms with E-state index in [0.717, 1.165) is 87.3 Å². The van der Waals surface area contributed by atoms with E-state index < -0.39 is 17.6 Å². The number of aryl methyl sites for hydroxylation is 7. The Labute approximate surface area is 801 Å². The van der Waals surface area contributed by atoms with Gasteiger partial charge in [-0.05, 0) is 246 Å². The lowest BCUT2D eigenvalue weighted by molar-refractivity contribution is -0.127. The first-order chi connectivity index (χ1) is 64.0. The van der Waals surface area contributed by atoms with Crippen LogP contribution in [0.4, 0.5) is 65.5 Å². The van der Waals surface area contributed by atoms with Crippen LogP contribution in [0.15, 0.2) is 179 Å². The van der Waals surface area contributed by atoms with Crippen LogP contribution in [0, 0.1) is 48.5 Å². The SMILES string of the molecule is Cc1cc(Nc2s[nH]c(=O)c2C(N)=NC(C)CO)ccc1C(=O)Nc1c(C)ccnc1Cl.Cc1ccc(NC(=O)c2ccc(Nc3s[nH]c(=O)c3C(N)=NCCc3cnc[nH]3)cc2)c(C)n1.Cc1ccnc(C)c1NC(=O)c1c(C)cc(Nc2s[nH]c(=O)c2C(N)=NC(C)CO)cc1Cl.NC(=NCCN1CCCC1=O)c1c(Nc2ccc(C(=O)Nc3cnc(Cl)cc3Cl)cc2)s[nH]c1=O. The van der Waals surface area contributed by atoms with Crippen LogP contribution in [0.25, 0.3) is 0 Å². The summed E-state index contributed by atoms with van der Waals surface area (Å²) >= 11 is 28.8. The summed E-state index contributed by atoms with van der Waals surface area (Å²) < 4.78 is 10.6. The monoisotopic (exact) mass is 1970 g/mol. The van der Waals surface area contributed by atoms with E-state index in [4.69, 9.17) is 69.3 Å². The fraction of sp³-hybridized carbons (Fsp3) is 0.227. The molecule has 23 N–H and O–H groups in total. The fourth-order valence-electron chi connectivity index (χ4n) is 12.9. The number of nitrogens with zero attached hydrogens (tertiary/aromatic N) is 10. The number of carbonyl (C=O) groups is 5. The van der Waals surface area contributed by atoms with Gasteiger partial charge in [0.15, 0.2) is 5.15 Å². The number of anilines is 12. The number of imidazole rings is 1. The Kier molecular flexibility index (Phi) is 35.1. The van der Waals surface area contributed by atoms with E-state index in [-0.39, 0.29) is 120 Å². The largest absolute Gasteiger partial charge is 0.394 e. The number of rotatable bonds is 30. The molecule has 13 aromatic rings. The molecule has 0 spiro atoms. The number of nitrogens with one attached hydrogen (secondary N) is 13. The van der Waals surface area contributed by atoms with Crippen LogP contribution in [0.2, 0.25) is 20.4 Å². The summed E-state index contributed by atoms with van der Waals surface area (Å²) in [5.41, 5.74) is 36.4. The number of nitrogens with two attached hydrogens (primary N) is 4. The number of aliphatic imine (C=N–C) groups is 4. The zero-order valence-corrected chi connectivity index (χ0v) is 79.6. The lowest BCUT2D eigenvalue weighted by Crippen LogP contribution is -2.29. The molecule has 5 amide bonds. The zero-order chi connectivity index (χ0) is 96.7. The van der Waals surface area contributed by atoms with Gasteiger partial charge >= 0.3 is 0 Å². The summed E-state index contributed by atoms with van der Waals surface area (Å²) in [6, 6.07) is 29.9. The smallest absolute Gasteiger partial charge is 0.271 e. The Balaban J connectivity index is 0.000000172. The Hall–Kier alpha value is -14.1. The molecule has 1 saturated heterocycles. The van der Waals surface area contributed by atoms with Gasteiger partial charge in [-0.25, -0.2) is 15.0 Å². The first-order valence-electron chi connectivity index (χ1n) is 40.9. The number of aromatic amines is 5. The summed E-state index contributed by atoms with van der Waals surface area (Å²) in [6.45, 7) is 17.8. The second-order valence-corrected chi connectivity index (χ2v) is 34.8. The molecule has 134 heavy (non-hydrogen) atoms. The summed E-state index contributed by atoms with van der Waals surface area (Å²) in [7, 11) is 0. The number of hydrogen-bond donors (Lipinski definition) is 19. The van der Waals surface area contributed by atoms with Crippen LogP contribution in [0.1, 0.15) is 135 Å². The van der Waals surface area contributed by atoms with Crippen molar-refractivity contribution in [1.82, 2.24) is 52.3 Å². The van der Waals surface area contributed by atoms with Crippen LogP contribution < -0.4 is 87.7 Å². The van der Waals surface area contributed by atoms with Crippen molar-refractivity contribution >= 4 is 211 Å². The van der Waals surface area contributed by atoms with E-state index in [2.05, 4.69) is 110 Å². The number of aromatic nitrogens is 10. The number of aliphatic hydroxyl groups excluding tert-OH is 2. The van der Waals surface area contributed by atoms with E-state index in [1.807, 2.05) is 52.8 Å². The van der Waals surface area contributed by atoms with Crippen molar-refractivity contribution in [3.63, 3.8) is 0 Å². The molecule has 2 unspecified atom stereocenters. The standard InChI is InChI=1S/C23H24N8O2S.C22H21Cl2N7O3S.C22H25ClN6O3S.C21H23ClN6O3S/c1-13-3-8-18(14(2)28-13)30-21(32)15-4-6-16(7-5-15)29-23-19(22(33)31-34-23)20(24)26-10-9-17-11-25-12-27-17;23-14-10-16(24)27-11-15(14)29-20(33)12-3-5-13(6-4-12)28-22-18(21(34)30-35-22)19(25)26-7-9-31-8-1-2-17(31)32;1-10-5-6-25-13(4)18(10)28-20(31)16-11(2)7-14(8-15(16)23)27-22-17(21(32)29-33-22)19(24)26-12(3)9-30;1-10-6-7-24-17(22)16(10)27-19(30)14-5-4-13(8-11(14)2)26-21-15(20(31)28-32-21)18(23)25-12(3)9-29/h3-8,11-12,29H,9-10H2,1-2H3,(H2,24,26)(H,25,27)(H,30,32)(H,31,33);3-6,10-11,28H,1-2,7-9H2,(H2,25,26)(H,29,33)(H,30,34);5-8,12,27,30H,9H2,1-4H3,(H2,24,26)(H,28,31)(H,29,32);4-8,12,26,29H,9H2,1-3H3,(H2,23,25)(H,27,30)(H,28,31). The Morgan fingerprint density at radius 2 is 0.985 bits per heavy atom. The predicted molar refractivity (Wildman–Crippen MR) is 534 cm³/mol. The van der Waals surface area contributed by atoms with Crippen molar-refractivity contribution in [2.75, 3.05) is 81.9 Å². The van der Waals surface area contributed by atoms with Crippen molar-refractivity contribution in [1.29, 1.82) is 0 Å². The summed E-state index contributed by atoms with van der Waals surface area (Å²) in [6.07, 6.45) is 10.0. The van der Waals surface area contributed by atoms with Crippen molar-refractivity contribution in [2.24, 2.45) is 42.9 Å². The minimum absolute atomic E-state index is 0.0163. The number of likely N-dealkylation sites (tertiary alicyclic amines) is 1. The van der Waals surface area contributed by atoms with Gasteiger partial charge < -0.3 is 85.6 Å². The predicted octanol–water partition coefficient (Wildman–Crippen LogP) is 13.3. The van der Waals surface area contributed by atoms with Crippen LogP contribution in [0.5, 0.6) is 0 Å². The number of halogens is 4. The normalized spacial score (nSPS) is 12.6. The number of carbonyl (C=O) groups excluding carboxylic acids is 5. The van der Waals surface area contributed by atoms with Gasteiger partial charge in [-0.3, -0.25) is 90.6 Å². The summed E-state index contributed by atoms with van der Waals surface area (Å²) in [5, 5.41) is 45.1. The molecule has 1 aliphatic rings. The molecule has 0 aliphatic carbocycles. The third-order valence-electron chi connectivity index (χ3n) is 19.9. The molecule has 9 aromatic heterocycles. The highest BCUT2D eigenvalue weighted by Gasteiger charge is 2.26. The van der Waals surface area contributed by atoms with Gasteiger partial charge in [0.25, 0.3) is 45.9 Å². The van der Waals surface area contributed by atoms with Gasteiger partial charge in [0.05, 0.1) is 94.1 Å². The molecule has 2 atom stereocenters. The molecule has 38 nitrogen and oxygen atoms in total. The number of amidine groups is 4. The Morgan fingerprint density at radius 3 is 1.47 bits per heavy atom. The van der Waals surface area contributed by atoms with Crippen LogP contribution in [0.3, 0.4) is 0 Å². The lowest BCUT2D eigenvalue weighted by atomic mass is 10.1. The van der Waals surface area contributed by atoms with Crippen molar-refractivity contribution < 1.29 is 34.2 Å². The Morgan fingerprint density at radius 1 is 0.493 bits per heavy atom. The number of aliphatic hydroxyl groups is 2. The van der Waals surface area contributed by atoms with E-state index in [0.29, 0.717) is 143 Å². The molecule has 14 rings (SSSR count). The lowest BCUT2D eigenvalue weighted by Gasteiger charge is -2.15. The van der Waals surface area contributed by atoms with E-state index in [1.165, 1.54) is 12.3 Å². The van der Waals surface area contributed by atoms with Gasteiger partial charge in [-0.2, -0.15) is 0 Å². The highest BCUT2D eigenvalue weighted by molar-refractivity contribution is 7.11. The molecular weight excluding hydrogens is 1880 g/mol. The maximum absolute atomic E-state index is 13.0. The minimum atomic E-state index is -0.446. The molecule has 0 radical (unpaired) electrons. The molecule has 0 saturated carbocycles. The van der Waals surface area contributed by atoms with Crippen molar-refractivity contribution in [2.45, 2.75) is 93.7 Å². The number of H-pyrrole nitrogens is 5. The van der Waals surface area contributed by atoms with Crippen LogP contribution in [-0.4, -0.2) is 167 Å². The van der Waals surface area contributed by atoms with Gasteiger partial charge in [0.1, 0.15) is 70.8 Å². The number of pyridine rings is 4. The average molecular weight is 1970 g/mol. The maximum atomic E-state index is 13.0. The van der Waals surface area contributed by atoms with Crippen molar-refractivity contribution in [3.8, 4) is 0 Å². The van der Waals surface area contributed by atoms with Gasteiger partial charge in [0, 0.05) is 102 Å². The van der Waals surface area contributed by atoms with E-state index in [1.54, 1.807) is 142 Å². The second kappa shape index (κ2) is 46.8. The molecule has 1 fully saturated rings.